The third kappa shape index (κ3) is 6.49. The number of anilines is 1. The van der Waals surface area contributed by atoms with Crippen molar-refractivity contribution in [1.82, 2.24) is 14.5 Å². The number of piperidine rings is 1. The van der Waals surface area contributed by atoms with Crippen molar-refractivity contribution in [3.8, 4) is 11.5 Å². The fourth-order valence-electron chi connectivity index (χ4n) is 5.65. The number of halogens is 1. The van der Waals surface area contributed by atoms with E-state index in [9.17, 15) is 4.57 Å². The van der Waals surface area contributed by atoms with Gasteiger partial charge in [-0.25, -0.2) is 4.98 Å². The lowest BCUT2D eigenvalue weighted by atomic mass is 9.99. The summed E-state index contributed by atoms with van der Waals surface area (Å²) in [5, 5.41) is 1.17. The molecule has 1 aliphatic rings. The molecule has 0 bridgehead atoms. The van der Waals surface area contributed by atoms with E-state index in [2.05, 4.69) is 27.7 Å². The molecule has 11 heteroatoms. The van der Waals surface area contributed by atoms with Crippen LogP contribution in [-0.2, 0) is 20.2 Å². The van der Waals surface area contributed by atoms with E-state index in [0.717, 1.165) is 70.7 Å². The Kier molecular flexibility index (Phi) is 9.39. The van der Waals surface area contributed by atoms with Gasteiger partial charge in [-0.15, -0.1) is 0 Å². The Morgan fingerprint density at radius 2 is 1.63 bits per heavy atom. The van der Waals surface area contributed by atoms with Crippen LogP contribution in [-0.4, -0.2) is 60.7 Å². The molecular weight excluding hydrogens is 563 g/mol. The Morgan fingerprint density at radius 3 is 2.27 bits per heavy atom. The van der Waals surface area contributed by atoms with Gasteiger partial charge in [0.1, 0.15) is 22.5 Å². The van der Waals surface area contributed by atoms with Crippen molar-refractivity contribution in [2.24, 2.45) is 5.92 Å². The minimum atomic E-state index is -3.10. The molecule has 4 aromatic rings. The van der Waals surface area contributed by atoms with E-state index in [-0.39, 0.29) is 11.2 Å². The lowest BCUT2D eigenvalue weighted by molar-refractivity contribution is 0.213. The normalized spacial score (nSPS) is 14.7. The van der Waals surface area contributed by atoms with Crippen LogP contribution in [0.1, 0.15) is 39.2 Å². The molecule has 3 heterocycles. The molecule has 0 saturated carbocycles. The molecule has 1 saturated heterocycles. The first kappa shape index (κ1) is 29.6. The van der Waals surface area contributed by atoms with Crippen molar-refractivity contribution < 1.29 is 23.1 Å². The Hall–Kier alpha value is -2.84. The summed E-state index contributed by atoms with van der Waals surface area (Å²) in [6.45, 7) is 9.11. The number of methoxy groups -OCH3 is 1. The molecule has 0 unspecified atom stereocenters. The molecule has 2 aromatic carbocycles. The third-order valence-corrected chi connectivity index (χ3v) is 9.92. The van der Waals surface area contributed by atoms with Crippen molar-refractivity contribution in [3.63, 3.8) is 0 Å². The van der Waals surface area contributed by atoms with Crippen LogP contribution in [0.5, 0.6) is 11.5 Å². The molecule has 2 aromatic heterocycles. The number of hydrogen-bond donors (Lipinski definition) is 0. The van der Waals surface area contributed by atoms with E-state index in [4.69, 9.17) is 40.1 Å². The molecule has 220 valence electrons. The molecule has 0 spiro atoms. The lowest BCUT2D eigenvalue weighted by Gasteiger charge is -2.34. The minimum Gasteiger partial charge on any atom is -0.497 e. The van der Waals surface area contributed by atoms with Gasteiger partial charge in [0.15, 0.2) is 5.82 Å². The zero-order valence-electron chi connectivity index (χ0n) is 24.1. The van der Waals surface area contributed by atoms with Gasteiger partial charge in [0, 0.05) is 25.0 Å². The fraction of sp³-hybridized carbons (Fsp3) is 0.467. The van der Waals surface area contributed by atoms with Crippen LogP contribution in [0.4, 0.5) is 5.82 Å². The number of hydrogen-bond acceptors (Lipinski definition) is 8. The smallest absolute Gasteiger partial charge is 0.330 e. The summed E-state index contributed by atoms with van der Waals surface area (Å²) in [5.74, 6) is 2.64. The van der Waals surface area contributed by atoms with Crippen molar-refractivity contribution in [2.45, 2.75) is 40.2 Å². The zero-order chi connectivity index (χ0) is 29.0. The monoisotopic (exact) mass is 600 g/mol. The first-order chi connectivity index (χ1) is 19.9. The van der Waals surface area contributed by atoms with Crippen LogP contribution in [0.3, 0.4) is 0 Å². The average Bonchev–Trinajstić information content (AvgIpc) is 3.26. The Bertz CT molecular complexity index is 1530. The zero-order valence-corrected chi connectivity index (χ0v) is 25.8. The largest absolute Gasteiger partial charge is 0.497 e. The summed E-state index contributed by atoms with van der Waals surface area (Å²) in [6, 6.07) is 14.2. The summed E-state index contributed by atoms with van der Waals surface area (Å²) < 4.78 is 37.7. The molecule has 41 heavy (non-hydrogen) atoms. The summed E-state index contributed by atoms with van der Waals surface area (Å²) in [5.41, 5.74) is 3.88. The molecular formula is C30H38ClN4O5P. The second-order valence-corrected chi connectivity index (χ2v) is 12.6. The van der Waals surface area contributed by atoms with Gasteiger partial charge in [-0.1, -0.05) is 12.1 Å². The van der Waals surface area contributed by atoms with Gasteiger partial charge in [-0.3, -0.25) is 4.57 Å². The predicted octanol–water partition coefficient (Wildman–Crippen LogP) is 7.18. The van der Waals surface area contributed by atoms with Crippen molar-refractivity contribution in [3.05, 3.63) is 53.3 Å². The topological polar surface area (TPSA) is 87.9 Å². The van der Waals surface area contributed by atoms with Crippen LogP contribution in [0.2, 0.25) is 5.28 Å². The summed E-state index contributed by atoms with van der Waals surface area (Å²) >= 11 is 6.56. The second kappa shape index (κ2) is 13.0. The van der Waals surface area contributed by atoms with Gasteiger partial charge in [0.2, 0.25) is 5.28 Å². The Labute approximate surface area is 246 Å². The van der Waals surface area contributed by atoms with Crippen LogP contribution < -0.4 is 14.4 Å². The molecule has 0 radical (unpaired) electrons. The van der Waals surface area contributed by atoms with Crippen molar-refractivity contribution >= 4 is 47.0 Å². The van der Waals surface area contributed by atoms with Gasteiger partial charge in [0.05, 0.1) is 38.6 Å². The lowest BCUT2D eigenvalue weighted by Crippen LogP contribution is -2.36. The molecule has 9 nitrogen and oxygen atoms in total. The molecule has 0 aliphatic carbocycles. The van der Waals surface area contributed by atoms with Crippen LogP contribution in [0.25, 0.3) is 21.9 Å². The highest BCUT2D eigenvalue weighted by Crippen LogP contribution is 2.51. The molecule has 1 aliphatic heterocycles. The van der Waals surface area contributed by atoms with E-state index >= 15 is 0 Å². The number of rotatable bonds is 12. The molecule has 5 rings (SSSR count). The highest BCUT2D eigenvalue weighted by atomic mass is 35.5. The average molecular weight is 601 g/mol. The number of benzene rings is 2. The van der Waals surface area contributed by atoms with Gasteiger partial charge in [-0.05, 0) is 87.0 Å². The standard InChI is InChI=1S/C30H38ClN4O5P/c1-5-38-24-12-13-26-25(18-24)27-28(35(26)19-21-8-10-23(37-4)11-9-21)29(33-30(31)32-27)34-16-14-22(15-17-34)20-41(36,39-6-2)40-7-3/h8-13,18,22H,5-7,14-17,19-20H2,1-4H3. The fourth-order valence-corrected chi connectivity index (χ4v) is 7.88. The number of ether oxygens (including phenoxy) is 2. The highest BCUT2D eigenvalue weighted by Gasteiger charge is 2.32. The molecule has 0 amide bonds. The van der Waals surface area contributed by atoms with E-state index < -0.39 is 7.60 Å². The quantitative estimate of drug-likeness (QED) is 0.125. The summed E-state index contributed by atoms with van der Waals surface area (Å²) in [4.78, 5) is 11.8. The summed E-state index contributed by atoms with van der Waals surface area (Å²) in [6.07, 6.45) is 2.13. The van der Waals surface area contributed by atoms with Crippen LogP contribution >= 0.6 is 19.2 Å². The molecule has 0 N–H and O–H groups in total. The van der Waals surface area contributed by atoms with Crippen molar-refractivity contribution in [1.29, 1.82) is 0 Å². The number of nitrogens with zero attached hydrogens (tertiary/aromatic N) is 4. The maximum Gasteiger partial charge on any atom is 0.330 e. The van der Waals surface area contributed by atoms with Gasteiger partial charge >= 0.3 is 7.60 Å². The third-order valence-electron chi connectivity index (χ3n) is 7.48. The van der Waals surface area contributed by atoms with Crippen molar-refractivity contribution in [2.75, 3.05) is 51.1 Å². The Balaban J connectivity index is 1.53. The number of fused-ring (bicyclic) bond motifs is 3. The Morgan fingerprint density at radius 1 is 0.951 bits per heavy atom. The van der Waals surface area contributed by atoms with Gasteiger partial charge in [-0.2, -0.15) is 4.98 Å². The first-order valence-electron chi connectivity index (χ1n) is 14.3. The molecule has 1 fully saturated rings. The highest BCUT2D eigenvalue weighted by molar-refractivity contribution is 7.53. The van der Waals surface area contributed by atoms with E-state index in [1.807, 2.05) is 45.0 Å². The molecule has 0 atom stereocenters. The van der Waals surface area contributed by atoms with E-state index in [0.29, 0.717) is 32.5 Å². The summed E-state index contributed by atoms with van der Waals surface area (Å²) in [7, 11) is -1.43. The van der Waals surface area contributed by atoms with Gasteiger partial charge < -0.3 is 28.0 Å². The van der Waals surface area contributed by atoms with Gasteiger partial charge in [0.25, 0.3) is 0 Å². The van der Waals surface area contributed by atoms with E-state index in [1.165, 1.54) is 0 Å². The first-order valence-corrected chi connectivity index (χ1v) is 16.4. The number of aromatic nitrogens is 3. The second-order valence-electron chi connectivity index (χ2n) is 10.1. The van der Waals surface area contributed by atoms with Crippen LogP contribution in [0, 0.1) is 5.92 Å². The maximum absolute atomic E-state index is 13.2. The predicted molar refractivity (Wildman–Crippen MR) is 164 cm³/mol. The maximum atomic E-state index is 13.2. The minimum absolute atomic E-state index is 0.206. The van der Waals surface area contributed by atoms with E-state index in [1.54, 1.807) is 7.11 Å². The SMILES string of the molecule is CCOc1ccc2c(c1)c1nc(Cl)nc(N3CCC(CP(=O)(OCC)OCC)CC3)c1n2Cc1ccc(OC)cc1. The van der Waals surface area contributed by atoms with Crippen LogP contribution in [0.15, 0.2) is 42.5 Å².